The van der Waals surface area contributed by atoms with Crippen LogP contribution in [0.4, 0.5) is 0 Å². The lowest BCUT2D eigenvalue weighted by Gasteiger charge is -2.15. The van der Waals surface area contributed by atoms with Crippen molar-refractivity contribution in [3.8, 4) is 0 Å². The lowest BCUT2D eigenvalue weighted by Crippen LogP contribution is -2.26. The van der Waals surface area contributed by atoms with Crippen LogP contribution in [0.2, 0.25) is 0 Å². The molecule has 2 heteroatoms. The number of nitrogens with one attached hydrogen (secondary N) is 1. The molecule has 1 N–H and O–H groups in total. The van der Waals surface area contributed by atoms with E-state index in [2.05, 4.69) is 35.6 Å². The summed E-state index contributed by atoms with van der Waals surface area (Å²) in [5.41, 5.74) is 1.43. The average Bonchev–Trinajstić information content (AvgIpc) is 2.35. The third-order valence-corrected chi connectivity index (χ3v) is 2.94. The Hall–Kier alpha value is -0.860. The third kappa shape index (κ3) is 5.29. The van der Waals surface area contributed by atoms with Crippen LogP contribution in [0.5, 0.6) is 0 Å². The molecular formula is C14H23NO. The van der Waals surface area contributed by atoms with Crippen LogP contribution in [-0.2, 0) is 11.2 Å². The van der Waals surface area contributed by atoms with Crippen molar-refractivity contribution in [1.82, 2.24) is 5.32 Å². The number of rotatable bonds is 8. The molecule has 1 unspecified atom stereocenters. The highest BCUT2D eigenvalue weighted by Gasteiger charge is 2.05. The van der Waals surface area contributed by atoms with Gasteiger partial charge in [-0.05, 0) is 38.3 Å². The number of ether oxygens (including phenoxy) is 1. The van der Waals surface area contributed by atoms with Crippen molar-refractivity contribution in [2.75, 3.05) is 20.8 Å². The van der Waals surface area contributed by atoms with E-state index in [1.165, 1.54) is 24.8 Å². The second-order valence-corrected chi connectivity index (χ2v) is 4.14. The Morgan fingerprint density at radius 3 is 2.56 bits per heavy atom. The third-order valence-electron chi connectivity index (χ3n) is 2.94. The number of methoxy groups -OCH3 is 1. The molecule has 0 heterocycles. The first-order chi connectivity index (χ1) is 7.86. The fourth-order valence-corrected chi connectivity index (χ4v) is 1.89. The van der Waals surface area contributed by atoms with Crippen molar-refractivity contribution in [3.63, 3.8) is 0 Å². The van der Waals surface area contributed by atoms with Gasteiger partial charge in [-0.15, -0.1) is 0 Å². The topological polar surface area (TPSA) is 21.3 Å². The summed E-state index contributed by atoms with van der Waals surface area (Å²) in [5.74, 6) is 0. The van der Waals surface area contributed by atoms with Crippen LogP contribution in [0.15, 0.2) is 30.3 Å². The maximum absolute atomic E-state index is 5.10. The van der Waals surface area contributed by atoms with Gasteiger partial charge in [-0.2, -0.15) is 0 Å². The molecule has 0 bridgehead atoms. The molecule has 0 spiro atoms. The minimum Gasteiger partial charge on any atom is -0.385 e. The second kappa shape index (κ2) is 8.31. The molecule has 0 aromatic heterocycles. The van der Waals surface area contributed by atoms with Crippen LogP contribution >= 0.6 is 0 Å². The summed E-state index contributed by atoms with van der Waals surface area (Å²) in [6.07, 6.45) is 4.72. The quantitative estimate of drug-likeness (QED) is 0.728. The van der Waals surface area contributed by atoms with Gasteiger partial charge in [0.2, 0.25) is 0 Å². The average molecular weight is 221 g/mol. The molecule has 0 saturated heterocycles. The van der Waals surface area contributed by atoms with Gasteiger partial charge in [0.25, 0.3) is 0 Å². The van der Waals surface area contributed by atoms with Gasteiger partial charge in [0.1, 0.15) is 0 Å². The molecule has 16 heavy (non-hydrogen) atoms. The zero-order chi connectivity index (χ0) is 11.6. The maximum Gasteiger partial charge on any atom is 0.0477 e. The summed E-state index contributed by atoms with van der Waals surface area (Å²) in [7, 11) is 3.79. The molecule has 1 rings (SSSR count). The fourth-order valence-electron chi connectivity index (χ4n) is 1.89. The van der Waals surface area contributed by atoms with E-state index in [0.717, 1.165) is 13.0 Å². The Kier molecular flexibility index (Phi) is 6.86. The van der Waals surface area contributed by atoms with E-state index in [1.54, 1.807) is 7.11 Å². The Balaban J connectivity index is 2.18. The first-order valence-corrected chi connectivity index (χ1v) is 6.07. The van der Waals surface area contributed by atoms with Gasteiger partial charge in [-0.3, -0.25) is 0 Å². The summed E-state index contributed by atoms with van der Waals surface area (Å²) < 4.78 is 5.10. The van der Waals surface area contributed by atoms with Gasteiger partial charge >= 0.3 is 0 Å². The summed E-state index contributed by atoms with van der Waals surface area (Å²) in [5, 5.41) is 3.34. The fraction of sp³-hybridized carbons (Fsp3) is 0.571. The van der Waals surface area contributed by atoms with Gasteiger partial charge in [0.05, 0.1) is 0 Å². The van der Waals surface area contributed by atoms with Crippen LogP contribution in [0.3, 0.4) is 0 Å². The van der Waals surface area contributed by atoms with Crippen molar-refractivity contribution in [3.05, 3.63) is 35.9 Å². The molecule has 0 aliphatic carbocycles. The zero-order valence-corrected chi connectivity index (χ0v) is 10.4. The smallest absolute Gasteiger partial charge is 0.0477 e. The van der Waals surface area contributed by atoms with Crippen LogP contribution in [0, 0.1) is 0 Å². The number of benzene rings is 1. The Labute approximate surface area is 99.0 Å². The predicted octanol–water partition coefficient (Wildman–Crippen LogP) is 2.63. The number of hydrogen-bond acceptors (Lipinski definition) is 2. The Bertz CT molecular complexity index is 261. The molecule has 0 aliphatic heterocycles. The first kappa shape index (κ1) is 13.2. The molecule has 0 aliphatic rings. The molecule has 0 amide bonds. The summed E-state index contributed by atoms with van der Waals surface area (Å²) >= 11 is 0. The summed E-state index contributed by atoms with van der Waals surface area (Å²) in [6, 6.07) is 11.3. The molecule has 0 fully saturated rings. The largest absolute Gasteiger partial charge is 0.385 e. The van der Waals surface area contributed by atoms with Crippen LogP contribution in [0.1, 0.15) is 24.8 Å². The molecule has 90 valence electrons. The van der Waals surface area contributed by atoms with E-state index >= 15 is 0 Å². The van der Waals surface area contributed by atoms with Gasteiger partial charge < -0.3 is 10.1 Å². The monoisotopic (exact) mass is 221 g/mol. The molecule has 1 aromatic carbocycles. The minimum atomic E-state index is 0.587. The van der Waals surface area contributed by atoms with Crippen LogP contribution < -0.4 is 5.32 Å². The van der Waals surface area contributed by atoms with Crippen molar-refractivity contribution in [1.29, 1.82) is 0 Å². The van der Waals surface area contributed by atoms with E-state index in [1.807, 2.05) is 7.05 Å². The summed E-state index contributed by atoms with van der Waals surface area (Å²) in [4.78, 5) is 0. The molecule has 1 atom stereocenters. The normalized spacial score (nSPS) is 12.6. The molecule has 1 aromatic rings. The molecule has 0 radical (unpaired) electrons. The number of aryl methyl sites for hydroxylation is 1. The molecule has 0 saturated carbocycles. The van der Waals surface area contributed by atoms with Crippen molar-refractivity contribution in [2.24, 2.45) is 0 Å². The van der Waals surface area contributed by atoms with E-state index < -0.39 is 0 Å². The molecular weight excluding hydrogens is 198 g/mol. The lowest BCUT2D eigenvalue weighted by molar-refractivity contribution is 0.182. The SMILES string of the molecule is CNC(CCCc1ccccc1)CCOC. The zero-order valence-electron chi connectivity index (χ0n) is 10.4. The van der Waals surface area contributed by atoms with Gasteiger partial charge in [0.15, 0.2) is 0 Å². The predicted molar refractivity (Wildman–Crippen MR) is 68.7 cm³/mol. The van der Waals surface area contributed by atoms with Gasteiger partial charge in [-0.25, -0.2) is 0 Å². The Morgan fingerprint density at radius 1 is 1.19 bits per heavy atom. The summed E-state index contributed by atoms with van der Waals surface area (Å²) in [6.45, 7) is 0.844. The highest BCUT2D eigenvalue weighted by atomic mass is 16.5. The van der Waals surface area contributed by atoms with Crippen molar-refractivity contribution < 1.29 is 4.74 Å². The van der Waals surface area contributed by atoms with E-state index in [4.69, 9.17) is 4.74 Å². The Morgan fingerprint density at radius 2 is 1.94 bits per heavy atom. The highest BCUT2D eigenvalue weighted by Crippen LogP contribution is 2.08. The standard InChI is InChI=1S/C14H23NO/c1-15-14(11-12-16-2)10-6-9-13-7-4-3-5-8-13/h3-5,7-8,14-15H,6,9-12H2,1-2H3. The van der Waals surface area contributed by atoms with Crippen molar-refractivity contribution in [2.45, 2.75) is 31.7 Å². The maximum atomic E-state index is 5.10. The minimum absolute atomic E-state index is 0.587. The van der Waals surface area contributed by atoms with E-state index in [-0.39, 0.29) is 0 Å². The van der Waals surface area contributed by atoms with Crippen molar-refractivity contribution >= 4 is 0 Å². The van der Waals surface area contributed by atoms with Gasteiger partial charge in [-0.1, -0.05) is 30.3 Å². The lowest BCUT2D eigenvalue weighted by atomic mass is 10.0. The van der Waals surface area contributed by atoms with Crippen LogP contribution in [-0.4, -0.2) is 26.8 Å². The highest BCUT2D eigenvalue weighted by molar-refractivity contribution is 5.14. The van der Waals surface area contributed by atoms with E-state index in [0.29, 0.717) is 6.04 Å². The van der Waals surface area contributed by atoms with E-state index in [9.17, 15) is 0 Å². The first-order valence-electron chi connectivity index (χ1n) is 6.07. The number of hydrogen-bond donors (Lipinski definition) is 1. The molecule has 2 nitrogen and oxygen atoms in total. The van der Waals surface area contributed by atoms with Gasteiger partial charge in [0, 0.05) is 19.8 Å². The second-order valence-electron chi connectivity index (χ2n) is 4.14. The van der Waals surface area contributed by atoms with Crippen LogP contribution in [0.25, 0.3) is 0 Å².